The summed E-state index contributed by atoms with van der Waals surface area (Å²) in [6, 6.07) is 0. The molecule has 0 unspecified atom stereocenters. The van der Waals surface area contributed by atoms with Crippen LogP contribution in [0.25, 0.3) is 5.32 Å². The fourth-order valence-corrected chi connectivity index (χ4v) is 0.559. The first-order valence-corrected chi connectivity index (χ1v) is 2.42. The second kappa shape index (κ2) is 10.3. The molecule has 0 aromatic rings. The van der Waals surface area contributed by atoms with E-state index in [0.29, 0.717) is 0 Å². The fourth-order valence-electron chi connectivity index (χ4n) is 0.559. The first-order valence-electron chi connectivity index (χ1n) is 2.42. The quantitative estimate of drug-likeness (QED) is 0.654. The van der Waals surface area contributed by atoms with Gasteiger partial charge in [-0.1, -0.05) is 12.8 Å². The van der Waals surface area contributed by atoms with Crippen LogP contribution >= 0.6 is 0 Å². The molecule has 1 heterocycles. The van der Waals surface area contributed by atoms with Gasteiger partial charge in [-0.15, -0.1) is 13.1 Å². The Labute approximate surface area is 63.4 Å². The largest absolute Gasteiger partial charge is 0.662 e. The van der Waals surface area contributed by atoms with Crippen LogP contribution in [0.15, 0.2) is 0 Å². The standard InChI is InChI=1S/C4H8N.CH2O.Ir/c1-2-4-5-3-1;1-2;/h1-4H2;1H2;/q-1;;. The average Bonchev–Trinajstić information content (AvgIpc) is 2.23. The minimum atomic E-state index is 0. The maximum atomic E-state index is 8.00. The summed E-state index contributed by atoms with van der Waals surface area (Å²) in [6.07, 6.45) is 2.67. The van der Waals surface area contributed by atoms with Crippen molar-refractivity contribution in [1.82, 2.24) is 0 Å². The van der Waals surface area contributed by atoms with Gasteiger partial charge in [0.1, 0.15) is 6.79 Å². The molecular formula is C5H10IrNO-. The molecule has 1 aliphatic rings. The molecule has 1 radical (unpaired) electrons. The van der Waals surface area contributed by atoms with Gasteiger partial charge in [0.2, 0.25) is 0 Å². The van der Waals surface area contributed by atoms with Crippen molar-refractivity contribution in [2.75, 3.05) is 13.1 Å². The normalized spacial score (nSPS) is 15.5. The van der Waals surface area contributed by atoms with Gasteiger partial charge < -0.3 is 10.1 Å². The number of carbonyl (C=O) groups excluding carboxylic acids is 1. The van der Waals surface area contributed by atoms with Crippen molar-refractivity contribution >= 4 is 6.79 Å². The summed E-state index contributed by atoms with van der Waals surface area (Å²) in [7, 11) is 0. The van der Waals surface area contributed by atoms with Crippen LogP contribution in [0.3, 0.4) is 0 Å². The van der Waals surface area contributed by atoms with Crippen molar-refractivity contribution in [3.63, 3.8) is 0 Å². The molecule has 3 heteroatoms. The van der Waals surface area contributed by atoms with Gasteiger partial charge in [0, 0.05) is 20.1 Å². The molecular weight excluding hydrogens is 282 g/mol. The first kappa shape index (κ1) is 11.1. The Morgan fingerprint density at radius 2 is 1.50 bits per heavy atom. The van der Waals surface area contributed by atoms with Gasteiger partial charge in [-0.2, -0.15) is 0 Å². The molecule has 0 amide bonds. The van der Waals surface area contributed by atoms with E-state index in [9.17, 15) is 0 Å². The Balaban J connectivity index is 0. The van der Waals surface area contributed by atoms with Gasteiger partial charge in [-0.25, -0.2) is 0 Å². The molecule has 0 aromatic heterocycles. The number of carbonyl (C=O) groups is 1. The van der Waals surface area contributed by atoms with Crippen molar-refractivity contribution in [3.8, 4) is 0 Å². The molecule has 8 heavy (non-hydrogen) atoms. The third-order valence-electron chi connectivity index (χ3n) is 0.882. The SMILES string of the molecule is C1CC[N-]C1.C=O.[Ir]. The van der Waals surface area contributed by atoms with Crippen LogP contribution in [0, 0.1) is 0 Å². The molecule has 0 aromatic carbocycles. The van der Waals surface area contributed by atoms with Crippen LogP contribution in [0.2, 0.25) is 0 Å². The van der Waals surface area contributed by atoms with Gasteiger partial charge in [0.25, 0.3) is 0 Å². The predicted octanol–water partition coefficient (Wildman–Crippen LogP) is 0.967. The Kier molecular flexibility index (Phi) is 14.3. The summed E-state index contributed by atoms with van der Waals surface area (Å²) in [5, 5.41) is 4.08. The molecule has 1 aliphatic heterocycles. The minimum absolute atomic E-state index is 0. The van der Waals surface area contributed by atoms with Crippen molar-refractivity contribution in [2.24, 2.45) is 0 Å². The maximum Gasteiger partial charge on any atom is 0.106 e. The number of rotatable bonds is 0. The Hall–Kier alpha value is 0.279. The summed E-state index contributed by atoms with van der Waals surface area (Å²) in [6.45, 7) is 4.25. The number of nitrogens with zero attached hydrogens (tertiary/aromatic N) is 1. The van der Waals surface area contributed by atoms with E-state index in [1.54, 1.807) is 0 Å². The molecule has 0 bridgehead atoms. The predicted molar refractivity (Wildman–Crippen MR) is 29.4 cm³/mol. The van der Waals surface area contributed by atoms with Gasteiger partial charge >= 0.3 is 0 Å². The summed E-state index contributed by atoms with van der Waals surface area (Å²) < 4.78 is 0. The minimum Gasteiger partial charge on any atom is -0.662 e. The second-order valence-corrected chi connectivity index (χ2v) is 1.38. The second-order valence-electron chi connectivity index (χ2n) is 1.38. The third-order valence-corrected chi connectivity index (χ3v) is 0.882. The van der Waals surface area contributed by atoms with E-state index in [-0.39, 0.29) is 20.1 Å². The van der Waals surface area contributed by atoms with Crippen LogP contribution in [-0.2, 0) is 24.9 Å². The van der Waals surface area contributed by atoms with Crippen molar-refractivity contribution in [1.29, 1.82) is 0 Å². The number of hydrogen-bond donors (Lipinski definition) is 0. The molecule has 1 saturated heterocycles. The van der Waals surface area contributed by atoms with E-state index in [1.165, 1.54) is 12.8 Å². The smallest absolute Gasteiger partial charge is 0.106 e. The van der Waals surface area contributed by atoms with E-state index >= 15 is 0 Å². The molecule has 2 nitrogen and oxygen atoms in total. The van der Waals surface area contributed by atoms with Crippen molar-refractivity contribution in [3.05, 3.63) is 5.32 Å². The molecule has 0 atom stereocenters. The van der Waals surface area contributed by atoms with Crippen molar-refractivity contribution < 1.29 is 24.9 Å². The summed E-state index contributed by atoms with van der Waals surface area (Å²) in [5.74, 6) is 0. The molecule has 0 saturated carbocycles. The summed E-state index contributed by atoms with van der Waals surface area (Å²) >= 11 is 0. The zero-order chi connectivity index (χ0) is 5.54. The van der Waals surface area contributed by atoms with Crippen molar-refractivity contribution in [2.45, 2.75) is 12.8 Å². The van der Waals surface area contributed by atoms with E-state index in [0.717, 1.165) is 13.1 Å². The van der Waals surface area contributed by atoms with Crippen LogP contribution in [0.1, 0.15) is 12.8 Å². The first-order chi connectivity index (χ1) is 3.50. The van der Waals surface area contributed by atoms with Crippen LogP contribution in [0.5, 0.6) is 0 Å². The summed E-state index contributed by atoms with van der Waals surface area (Å²) in [5.41, 5.74) is 0. The molecule has 0 aliphatic carbocycles. The third kappa shape index (κ3) is 6.28. The van der Waals surface area contributed by atoms with E-state index in [2.05, 4.69) is 5.32 Å². The van der Waals surface area contributed by atoms with Crippen LogP contribution in [0.4, 0.5) is 0 Å². The molecule has 1 fully saturated rings. The zero-order valence-corrected chi connectivity index (χ0v) is 7.12. The van der Waals surface area contributed by atoms with E-state index < -0.39 is 0 Å². The Bertz CT molecular complexity index is 31.8. The molecule has 1 rings (SSSR count). The van der Waals surface area contributed by atoms with Gasteiger partial charge in [0.05, 0.1) is 0 Å². The Morgan fingerprint density at radius 1 is 1.12 bits per heavy atom. The van der Waals surface area contributed by atoms with Gasteiger partial charge in [-0.3, -0.25) is 0 Å². The van der Waals surface area contributed by atoms with Crippen LogP contribution < -0.4 is 0 Å². The van der Waals surface area contributed by atoms with Crippen LogP contribution in [-0.4, -0.2) is 19.9 Å². The maximum absolute atomic E-state index is 8.00. The fraction of sp³-hybridized carbons (Fsp3) is 0.800. The topological polar surface area (TPSA) is 31.2 Å². The zero-order valence-electron chi connectivity index (χ0n) is 4.72. The molecule has 0 N–H and O–H groups in total. The Morgan fingerprint density at radius 3 is 1.62 bits per heavy atom. The average molecular weight is 292 g/mol. The van der Waals surface area contributed by atoms with Gasteiger partial charge in [0.15, 0.2) is 0 Å². The summed E-state index contributed by atoms with van der Waals surface area (Å²) in [4.78, 5) is 8.00. The molecule has 0 spiro atoms. The van der Waals surface area contributed by atoms with Gasteiger partial charge in [-0.05, 0) is 0 Å². The molecule has 51 valence electrons. The van der Waals surface area contributed by atoms with E-state index in [1.807, 2.05) is 6.79 Å². The van der Waals surface area contributed by atoms with E-state index in [4.69, 9.17) is 4.79 Å². The number of hydrogen-bond acceptors (Lipinski definition) is 1. The monoisotopic (exact) mass is 293 g/mol.